The fourth-order valence-corrected chi connectivity index (χ4v) is 1.76. The Hall–Kier alpha value is -0.0800. The lowest BCUT2D eigenvalue weighted by molar-refractivity contribution is 0.551. The first-order valence-corrected chi connectivity index (χ1v) is 4.63. The van der Waals surface area contributed by atoms with Crippen molar-refractivity contribution in [3.63, 3.8) is 0 Å². The van der Waals surface area contributed by atoms with E-state index < -0.39 is 0 Å². The van der Waals surface area contributed by atoms with E-state index in [0.717, 1.165) is 0 Å². The van der Waals surface area contributed by atoms with Crippen LogP contribution in [0.4, 0.5) is 0 Å². The minimum absolute atomic E-state index is 0.150. The smallest absolute Gasteiger partial charge is 0.00872 e. The second kappa shape index (κ2) is 3.18. The van der Waals surface area contributed by atoms with E-state index in [9.17, 15) is 0 Å². The van der Waals surface area contributed by atoms with Crippen molar-refractivity contribution < 1.29 is 0 Å². The maximum absolute atomic E-state index is 4.01. The Labute approximate surface area is 59.4 Å². The third kappa shape index (κ3) is 1.95. The van der Waals surface area contributed by atoms with Gasteiger partial charge in [0, 0.05) is 6.54 Å². The van der Waals surface area contributed by atoms with Gasteiger partial charge in [-0.2, -0.15) is 0 Å². The van der Waals surface area contributed by atoms with Crippen LogP contribution in [-0.2, 0) is 0 Å². The predicted octanol–water partition coefficient (Wildman–Crippen LogP) is 1.84. The first kappa shape index (κ1) is 7.03. The van der Waals surface area contributed by atoms with E-state index in [2.05, 4.69) is 28.7 Å². The lowest BCUT2D eigenvalue weighted by Crippen LogP contribution is -2.09. The molecule has 0 N–H and O–H groups in total. The van der Waals surface area contributed by atoms with E-state index >= 15 is 0 Å². The first-order chi connectivity index (χ1) is 4.30. The van der Waals surface area contributed by atoms with E-state index in [0.29, 0.717) is 0 Å². The molecule has 0 bridgehead atoms. The van der Waals surface area contributed by atoms with Gasteiger partial charge in [-0.1, -0.05) is 11.9 Å². The van der Waals surface area contributed by atoms with E-state index in [1.165, 1.54) is 19.4 Å². The highest BCUT2D eigenvalue weighted by atomic mass is 32.2. The first-order valence-electron chi connectivity index (χ1n) is 3.21. The molecule has 0 amide bonds. The van der Waals surface area contributed by atoms with Crippen molar-refractivity contribution in [2.75, 3.05) is 13.6 Å². The SMILES string of the molecule is C=S1C=CCCCN1C. The molecule has 2 heteroatoms. The molecular weight excluding hydrogens is 130 g/mol. The topological polar surface area (TPSA) is 3.24 Å². The summed E-state index contributed by atoms with van der Waals surface area (Å²) in [5.41, 5.74) is 0. The van der Waals surface area contributed by atoms with Crippen LogP contribution in [-0.4, -0.2) is 23.8 Å². The Balaban J connectivity index is 2.57. The molecule has 52 valence electrons. The molecule has 1 heterocycles. The average Bonchev–Trinajstić information content (AvgIpc) is 1.99. The number of allylic oxidation sites excluding steroid dienone is 1. The summed E-state index contributed by atoms with van der Waals surface area (Å²) in [6, 6.07) is 0. The quantitative estimate of drug-likeness (QED) is 0.468. The molecule has 9 heavy (non-hydrogen) atoms. The zero-order valence-corrected chi connectivity index (χ0v) is 6.66. The van der Waals surface area contributed by atoms with Crippen molar-refractivity contribution in [2.45, 2.75) is 12.8 Å². The molecule has 1 nitrogen and oxygen atoms in total. The largest absolute Gasteiger partial charge is 0.256 e. The van der Waals surface area contributed by atoms with Crippen LogP contribution >= 0.6 is 10.7 Å². The van der Waals surface area contributed by atoms with Crippen LogP contribution in [0.2, 0.25) is 0 Å². The van der Waals surface area contributed by atoms with Gasteiger partial charge in [-0.3, -0.25) is 4.31 Å². The van der Waals surface area contributed by atoms with Gasteiger partial charge >= 0.3 is 0 Å². The molecule has 0 aromatic rings. The van der Waals surface area contributed by atoms with Crippen LogP contribution in [0.1, 0.15) is 12.8 Å². The third-order valence-corrected chi connectivity index (χ3v) is 2.99. The van der Waals surface area contributed by atoms with Crippen molar-refractivity contribution >= 4 is 16.5 Å². The standard InChI is InChI=1S/C7H13NS/c1-8-6-4-3-5-7-9(8)2/h5,7H,2-4,6H2,1H3. The van der Waals surface area contributed by atoms with Gasteiger partial charge in [-0.15, -0.1) is 10.7 Å². The van der Waals surface area contributed by atoms with E-state index in [1.807, 2.05) is 0 Å². The molecule has 0 fully saturated rings. The van der Waals surface area contributed by atoms with Gasteiger partial charge in [0.1, 0.15) is 0 Å². The Morgan fingerprint density at radius 1 is 1.67 bits per heavy atom. The highest BCUT2D eigenvalue weighted by Crippen LogP contribution is 2.20. The molecule has 0 spiro atoms. The van der Waals surface area contributed by atoms with Gasteiger partial charge in [-0.25, -0.2) is 0 Å². The van der Waals surface area contributed by atoms with Crippen molar-refractivity contribution in [2.24, 2.45) is 0 Å². The van der Waals surface area contributed by atoms with Crippen LogP contribution in [0.3, 0.4) is 0 Å². The fourth-order valence-electron chi connectivity index (χ4n) is 0.832. The lowest BCUT2D eigenvalue weighted by Gasteiger charge is -2.14. The summed E-state index contributed by atoms with van der Waals surface area (Å²) in [6.07, 6.45) is 4.75. The van der Waals surface area contributed by atoms with Gasteiger partial charge in [0.05, 0.1) is 0 Å². The number of nitrogens with zero attached hydrogens (tertiary/aromatic N) is 1. The lowest BCUT2D eigenvalue weighted by atomic mass is 10.3. The summed E-state index contributed by atoms with van der Waals surface area (Å²) in [7, 11) is 2.28. The maximum Gasteiger partial charge on any atom is 0.00872 e. The summed E-state index contributed by atoms with van der Waals surface area (Å²) in [5.74, 6) is 4.01. The minimum Gasteiger partial charge on any atom is -0.256 e. The molecule has 0 radical (unpaired) electrons. The van der Waals surface area contributed by atoms with Crippen LogP contribution in [0, 0.1) is 0 Å². The van der Waals surface area contributed by atoms with Crippen LogP contribution < -0.4 is 0 Å². The van der Waals surface area contributed by atoms with Crippen molar-refractivity contribution in [1.82, 2.24) is 4.31 Å². The zero-order valence-electron chi connectivity index (χ0n) is 5.84. The van der Waals surface area contributed by atoms with Crippen molar-refractivity contribution in [1.29, 1.82) is 0 Å². The van der Waals surface area contributed by atoms with Gasteiger partial charge < -0.3 is 0 Å². The highest BCUT2D eigenvalue weighted by Gasteiger charge is 2.00. The molecule has 1 aliphatic rings. The summed E-state index contributed by atoms with van der Waals surface area (Å²) in [6.45, 7) is 1.19. The molecule has 0 aromatic carbocycles. The fraction of sp³-hybridized carbons (Fsp3) is 0.571. The van der Waals surface area contributed by atoms with E-state index in [1.54, 1.807) is 0 Å². The summed E-state index contributed by atoms with van der Waals surface area (Å²) in [5, 5.41) is 2.20. The normalized spacial score (nSPS) is 30.1. The Morgan fingerprint density at radius 2 is 2.44 bits per heavy atom. The Bertz CT molecular complexity index is 140. The Kier molecular flexibility index (Phi) is 2.49. The zero-order chi connectivity index (χ0) is 6.69. The molecule has 1 unspecified atom stereocenters. The third-order valence-electron chi connectivity index (χ3n) is 1.50. The van der Waals surface area contributed by atoms with Gasteiger partial charge in [-0.05, 0) is 25.3 Å². The molecule has 0 aromatic heterocycles. The van der Waals surface area contributed by atoms with Crippen LogP contribution in [0.5, 0.6) is 0 Å². The molecule has 1 rings (SSSR count). The van der Waals surface area contributed by atoms with Gasteiger partial charge in [0.2, 0.25) is 0 Å². The van der Waals surface area contributed by atoms with E-state index in [4.69, 9.17) is 0 Å². The number of hydrogen-bond donors (Lipinski definition) is 0. The molecular formula is C7H13NS. The van der Waals surface area contributed by atoms with Gasteiger partial charge in [0.25, 0.3) is 0 Å². The second-order valence-corrected chi connectivity index (χ2v) is 3.96. The number of rotatable bonds is 0. The summed E-state index contributed by atoms with van der Waals surface area (Å²) < 4.78 is 2.30. The van der Waals surface area contributed by atoms with Crippen LogP contribution in [0.15, 0.2) is 11.5 Å². The molecule has 0 saturated heterocycles. The summed E-state index contributed by atoms with van der Waals surface area (Å²) >= 11 is 0. The van der Waals surface area contributed by atoms with E-state index in [-0.39, 0.29) is 10.7 Å². The molecule has 1 atom stereocenters. The number of hydrogen-bond acceptors (Lipinski definition) is 1. The Morgan fingerprint density at radius 3 is 3.22 bits per heavy atom. The van der Waals surface area contributed by atoms with Crippen LogP contribution in [0.25, 0.3) is 0 Å². The monoisotopic (exact) mass is 143 g/mol. The van der Waals surface area contributed by atoms with Crippen molar-refractivity contribution in [3.8, 4) is 0 Å². The molecule has 0 aliphatic carbocycles. The maximum atomic E-state index is 4.01. The minimum atomic E-state index is 0.150. The highest BCUT2D eigenvalue weighted by molar-refractivity contribution is 8.14. The van der Waals surface area contributed by atoms with Gasteiger partial charge in [0.15, 0.2) is 0 Å². The molecule has 0 saturated carbocycles. The average molecular weight is 143 g/mol. The summed E-state index contributed by atoms with van der Waals surface area (Å²) in [4.78, 5) is 0. The molecule has 1 aliphatic heterocycles. The predicted molar refractivity (Wildman–Crippen MR) is 45.7 cm³/mol. The van der Waals surface area contributed by atoms with Crippen molar-refractivity contribution in [3.05, 3.63) is 11.5 Å². The second-order valence-electron chi connectivity index (χ2n) is 2.27.